The number of fused-ring (bicyclic) bond motifs is 1. The van der Waals surface area contributed by atoms with Gasteiger partial charge < -0.3 is 20.9 Å². The molecule has 0 bridgehead atoms. The standard InChI is InChI=1S/C12H14N2O4/c13-9(12(16)17)6-11(15)14-8-1-2-10-7(5-8)3-4-18-10/h1-2,5,9H,3-4,6,13H2,(H,14,15)(H,16,17). The van der Waals surface area contributed by atoms with Crippen LogP contribution < -0.4 is 15.8 Å². The predicted octanol–water partition coefficient (Wildman–Crippen LogP) is 0.362. The summed E-state index contributed by atoms with van der Waals surface area (Å²) in [4.78, 5) is 22.1. The van der Waals surface area contributed by atoms with Gasteiger partial charge in [-0.1, -0.05) is 0 Å². The molecule has 0 saturated carbocycles. The van der Waals surface area contributed by atoms with Gasteiger partial charge in [-0.3, -0.25) is 9.59 Å². The lowest BCUT2D eigenvalue weighted by Gasteiger charge is -2.08. The van der Waals surface area contributed by atoms with Gasteiger partial charge in [0.15, 0.2) is 0 Å². The van der Waals surface area contributed by atoms with Crippen LogP contribution in [-0.4, -0.2) is 29.6 Å². The van der Waals surface area contributed by atoms with E-state index in [2.05, 4.69) is 5.32 Å². The number of aliphatic carboxylic acids is 1. The van der Waals surface area contributed by atoms with Gasteiger partial charge in [0.05, 0.1) is 13.0 Å². The van der Waals surface area contributed by atoms with Crippen molar-refractivity contribution in [1.82, 2.24) is 0 Å². The summed E-state index contributed by atoms with van der Waals surface area (Å²) in [5.74, 6) is -0.772. The van der Waals surface area contributed by atoms with Crippen molar-refractivity contribution in [2.24, 2.45) is 5.73 Å². The SMILES string of the molecule is NC(CC(=O)Nc1ccc2c(c1)CCO2)C(=O)O. The molecule has 0 aliphatic carbocycles. The van der Waals surface area contributed by atoms with Crippen LogP contribution in [-0.2, 0) is 16.0 Å². The lowest BCUT2D eigenvalue weighted by atomic mass is 10.1. The fourth-order valence-electron chi connectivity index (χ4n) is 1.76. The Kier molecular flexibility index (Phi) is 3.47. The lowest BCUT2D eigenvalue weighted by molar-refractivity contribution is -0.140. The second kappa shape index (κ2) is 5.05. The molecule has 1 aromatic rings. The molecule has 1 atom stereocenters. The zero-order chi connectivity index (χ0) is 13.1. The predicted molar refractivity (Wildman–Crippen MR) is 64.5 cm³/mol. The average molecular weight is 250 g/mol. The summed E-state index contributed by atoms with van der Waals surface area (Å²) in [7, 11) is 0. The molecular formula is C12H14N2O4. The van der Waals surface area contributed by atoms with Gasteiger partial charge in [-0.15, -0.1) is 0 Å². The molecule has 2 rings (SSSR count). The van der Waals surface area contributed by atoms with Crippen LogP contribution in [0.1, 0.15) is 12.0 Å². The van der Waals surface area contributed by atoms with Crippen molar-refractivity contribution in [1.29, 1.82) is 0 Å². The number of ether oxygens (including phenoxy) is 1. The number of benzene rings is 1. The van der Waals surface area contributed by atoms with E-state index in [0.29, 0.717) is 12.3 Å². The number of amides is 1. The van der Waals surface area contributed by atoms with E-state index in [1.165, 1.54) is 0 Å². The first-order chi connectivity index (χ1) is 8.56. The average Bonchev–Trinajstić information content (AvgIpc) is 2.75. The molecule has 1 aliphatic heterocycles. The van der Waals surface area contributed by atoms with E-state index in [1.807, 2.05) is 6.07 Å². The van der Waals surface area contributed by atoms with Gasteiger partial charge >= 0.3 is 5.97 Å². The molecule has 0 aromatic heterocycles. The summed E-state index contributed by atoms with van der Waals surface area (Å²) in [6, 6.07) is 4.15. The second-order valence-corrected chi connectivity index (χ2v) is 4.12. The molecule has 1 amide bonds. The third kappa shape index (κ3) is 2.78. The third-order valence-electron chi connectivity index (χ3n) is 2.70. The lowest BCUT2D eigenvalue weighted by Crippen LogP contribution is -2.34. The molecule has 1 aliphatic rings. The number of anilines is 1. The van der Waals surface area contributed by atoms with Gasteiger partial charge in [-0.2, -0.15) is 0 Å². The van der Waals surface area contributed by atoms with Gasteiger partial charge in [0.2, 0.25) is 5.91 Å². The fourth-order valence-corrected chi connectivity index (χ4v) is 1.76. The van der Waals surface area contributed by atoms with Gasteiger partial charge in [-0.25, -0.2) is 0 Å². The Morgan fingerprint density at radius 1 is 1.50 bits per heavy atom. The molecule has 1 unspecified atom stereocenters. The molecule has 18 heavy (non-hydrogen) atoms. The minimum absolute atomic E-state index is 0.247. The monoisotopic (exact) mass is 250 g/mol. The number of nitrogens with one attached hydrogen (secondary N) is 1. The number of carbonyl (C=O) groups excluding carboxylic acids is 1. The summed E-state index contributed by atoms with van der Waals surface area (Å²) in [6.07, 6.45) is 0.566. The van der Waals surface area contributed by atoms with Crippen molar-refractivity contribution in [2.75, 3.05) is 11.9 Å². The van der Waals surface area contributed by atoms with E-state index >= 15 is 0 Å². The van der Waals surface area contributed by atoms with Crippen LogP contribution in [0.5, 0.6) is 5.75 Å². The largest absolute Gasteiger partial charge is 0.493 e. The van der Waals surface area contributed by atoms with Crippen molar-refractivity contribution in [2.45, 2.75) is 18.9 Å². The van der Waals surface area contributed by atoms with Crippen molar-refractivity contribution >= 4 is 17.6 Å². The van der Waals surface area contributed by atoms with Gasteiger partial charge in [0, 0.05) is 12.1 Å². The highest BCUT2D eigenvalue weighted by molar-refractivity contribution is 5.94. The van der Waals surface area contributed by atoms with E-state index in [-0.39, 0.29) is 6.42 Å². The minimum Gasteiger partial charge on any atom is -0.493 e. The highest BCUT2D eigenvalue weighted by Gasteiger charge is 2.17. The van der Waals surface area contributed by atoms with E-state index < -0.39 is 17.9 Å². The molecule has 1 aromatic carbocycles. The van der Waals surface area contributed by atoms with E-state index in [4.69, 9.17) is 15.6 Å². The zero-order valence-corrected chi connectivity index (χ0v) is 9.68. The van der Waals surface area contributed by atoms with Crippen LogP contribution in [0.2, 0.25) is 0 Å². The number of carbonyl (C=O) groups is 2. The Morgan fingerprint density at radius 3 is 3.00 bits per heavy atom. The number of hydrogen-bond donors (Lipinski definition) is 3. The van der Waals surface area contributed by atoms with Gasteiger partial charge in [0.25, 0.3) is 0 Å². The Labute approximate surface area is 104 Å². The maximum atomic E-state index is 11.5. The fraction of sp³-hybridized carbons (Fsp3) is 0.333. The van der Waals surface area contributed by atoms with E-state index in [1.54, 1.807) is 12.1 Å². The number of carboxylic acids is 1. The highest BCUT2D eigenvalue weighted by atomic mass is 16.5. The highest BCUT2D eigenvalue weighted by Crippen LogP contribution is 2.27. The Morgan fingerprint density at radius 2 is 2.28 bits per heavy atom. The zero-order valence-electron chi connectivity index (χ0n) is 9.68. The van der Waals surface area contributed by atoms with Crippen LogP contribution in [0.15, 0.2) is 18.2 Å². The first-order valence-electron chi connectivity index (χ1n) is 5.60. The topological polar surface area (TPSA) is 102 Å². The molecule has 6 nitrogen and oxygen atoms in total. The summed E-state index contributed by atoms with van der Waals surface area (Å²) in [6.45, 7) is 0.649. The quantitative estimate of drug-likeness (QED) is 0.716. The van der Waals surface area contributed by atoms with Crippen LogP contribution in [0.25, 0.3) is 0 Å². The van der Waals surface area contributed by atoms with Crippen LogP contribution in [0.4, 0.5) is 5.69 Å². The molecule has 96 valence electrons. The van der Waals surface area contributed by atoms with E-state index in [9.17, 15) is 9.59 Å². The number of nitrogens with two attached hydrogens (primary N) is 1. The maximum absolute atomic E-state index is 11.5. The first kappa shape index (κ1) is 12.4. The summed E-state index contributed by atoms with van der Waals surface area (Å²) in [5.41, 5.74) is 6.94. The minimum atomic E-state index is -1.19. The smallest absolute Gasteiger partial charge is 0.321 e. The summed E-state index contributed by atoms with van der Waals surface area (Å²) >= 11 is 0. The molecule has 0 spiro atoms. The molecule has 4 N–H and O–H groups in total. The Balaban J connectivity index is 1.97. The van der Waals surface area contributed by atoms with Crippen molar-refractivity contribution in [3.05, 3.63) is 23.8 Å². The summed E-state index contributed by atoms with van der Waals surface area (Å²) < 4.78 is 5.34. The third-order valence-corrected chi connectivity index (χ3v) is 2.70. The van der Waals surface area contributed by atoms with Gasteiger partial charge in [0.1, 0.15) is 11.8 Å². The number of carboxylic acid groups (broad SMARTS) is 1. The molecule has 0 saturated heterocycles. The number of rotatable bonds is 4. The van der Waals surface area contributed by atoms with Crippen molar-refractivity contribution in [3.63, 3.8) is 0 Å². The number of hydrogen-bond acceptors (Lipinski definition) is 4. The van der Waals surface area contributed by atoms with Crippen LogP contribution >= 0.6 is 0 Å². The van der Waals surface area contributed by atoms with Crippen LogP contribution in [0, 0.1) is 0 Å². The Hall–Kier alpha value is -2.08. The Bertz CT molecular complexity index is 487. The van der Waals surface area contributed by atoms with Crippen molar-refractivity contribution in [3.8, 4) is 5.75 Å². The molecule has 1 heterocycles. The second-order valence-electron chi connectivity index (χ2n) is 4.12. The van der Waals surface area contributed by atoms with Crippen LogP contribution in [0.3, 0.4) is 0 Å². The van der Waals surface area contributed by atoms with E-state index in [0.717, 1.165) is 17.7 Å². The molecular weight excluding hydrogens is 236 g/mol. The molecule has 0 radical (unpaired) electrons. The normalized spacial score (nSPS) is 14.5. The molecule has 6 heteroatoms. The van der Waals surface area contributed by atoms with Gasteiger partial charge in [-0.05, 0) is 23.8 Å². The first-order valence-corrected chi connectivity index (χ1v) is 5.60. The summed E-state index contributed by atoms with van der Waals surface area (Å²) in [5, 5.41) is 11.2. The molecule has 0 fully saturated rings. The maximum Gasteiger partial charge on any atom is 0.321 e. The van der Waals surface area contributed by atoms with Crippen molar-refractivity contribution < 1.29 is 19.4 Å².